The average molecular weight is 353 g/mol. The predicted octanol–water partition coefficient (Wildman–Crippen LogP) is 4.36. The summed E-state index contributed by atoms with van der Waals surface area (Å²) in [6, 6.07) is 7.97. The number of ether oxygens (including phenoxy) is 1. The first-order valence-electron chi connectivity index (χ1n) is 8.50. The summed E-state index contributed by atoms with van der Waals surface area (Å²) in [6.07, 6.45) is -2.59. The van der Waals surface area contributed by atoms with E-state index in [1.807, 2.05) is 4.68 Å². The monoisotopic (exact) mass is 353 g/mol. The molecule has 0 bridgehead atoms. The molecule has 3 rings (SSSR count). The van der Waals surface area contributed by atoms with Crippen LogP contribution in [0.25, 0.3) is 5.69 Å². The number of alkyl halides is 3. The van der Waals surface area contributed by atoms with Crippen LogP contribution in [-0.2, 0) is 0 Å². The minimum atomic E-state index is -4.68. The number of nitrogens with one attached hydrogen (secondary N) is 1. The maximum Gasteiger partial charge on any atom is 0.573 e. The Kier molecular flexibility index (Phi) is 5.03. The topological polar surface area (TPSA) is 39.1 Å². The van der Waals surface area contributed by atoms with Crippen molar-refractivity contribution in [3.8, 4) is 11.4 Å². The van der Waals surface area contributed by atoms with E-state index in [1.165, 1.54) is 12.1 Å². The summed E-state index contributed by atoms with van der Waals surface area (Å²) in [5.74, 6) is 0.454. The van der Waals surface area contributed by atoms with Gasteiger partial charge >= 0.3 is 6.36 Å². The lowest BCUT2D eigenvalue weighted by molar-refractivity contribution is -0.274. The zero-order chi connectivity index (χ0) is 18.0. The summed E-state index contributed by atoms with van der Waals surface area (Å²) in [6.45, 7) is 6.14. The van der Waals surface area contributed by atoms with E-state index in [4.69, 9.17) is 5.10 Å². The second-order valence-electron chi connectivity index (χ2n) is 6.63. The van der Waals surface area contributed by atoms with Crippen molar-refractivity contribution in [2.45, 2.75) is 44.9 Å². The Morgan fingerprint density at radius 1 is 1.16 bits per heavy atom. The maximum absolute atomic E-state index is 12.3. The third-order valence-electron chi connectivity index (χ3n) is 4.42. The lowest BCUT2D eigenvalue weighted by Crippen LogP contribution is -2.26. The van der Waals surface area contributed by atoms with Gasteiger partial charge < -0.3 is 10.1 Å². The van der Waals surface area contributed by atoms with Crippen molar-refractivity contribution in [2.24, 2.45) is 0 Å². The van der Waals surface area contributed by atoms with Crippen molar-refractivity contribution in [3.05, 3.63) is 41.7 Å². The van der Waals surface area contributed by atoms with Crippen LogP contribution in [0.5, 0.6) is 5.75 Å². The number of aromatic nitrogens is 2. The van der Waals surface area contributed by atoms with Gasteiger partial charge in [-0.05, 0) is 62.2 Å². The molecule has 1 aliphatic heterocycles. The van der Waals surface area contributed by atoms with E-state index >= 15 is 0 Å². The first kappa shape index (κ1) is 17.8. The fraction of sp³-hybridized carbons (Fsp3) is 0.500. The quantitative estimate of drug-likeness (QED) is 0.888. The summed E-state index contributed by atoms with van der Waals surface area (Å²) < 4.78 is 42.7. The summed E-state index contributed by atoms with van der Waals surface area (Å²) in [5, 5.41) is 8.10. The van der Waals surface area contributed by atoms with Crippen molar-refractivity contribution >= 4 is 0 Å². The summed E-state index contributed by atoms with van der Waals surface area (Å²) >= 11 is 0. The number of rotatable bonds is 4. The van der Waals surface area contributed by atoms with Crippen LogP contribution in [-0.4, -0.2) is 29.2 Å². The fourth-order valence-electron chi connectivity index (χ4n) is 3.14. The minimum absolute atomic E-state index is 0.229. The number of halogens is 3. The number of hydrogen-bond donors (Lipinski definition) is 1. The van der Waals surface area contributed by atoms with Gasteiger partial charge in [0.1, 0.15) is 5.75 Å². The Balaban J connectivity index is 1.88. The van der Waals surface area contributed by atoms with E-state index in [2.05, 4.69) is 30.0 Å². The SMILES string of the molecule is CC(C)c1cc(C2CCNCC2)nn1-c1ccc(OC(F)(F)F)cc1. The van der Waals surface area contributed by atoms with Crippen LogP contribution in [0.4, 0.5) is 13.2 Å². The van der Waals surface area contributed by atoms with Crippen LogP contribution in [0.1, 0.15) is 49.9 Å². The lowest BCUT2D eigenvalue weighted by Gasteiger charge is -2.20. The molecule has 1 N–H and O–H groups in total. The van der Waals surface area contributed by atoms with Crippen LogP contribution >= 0.6 is 0 Å². The van der Waals surface area contributed by atoms with Gasteiger partial charge in [-0.2, -0.15) is 5.10 Å². The normalized spacial score (nSPS) is 16.4. The zero-order valence-electron chi connectivity index (χ0n) is 14.3. The Bertz CT molecular complexity index is 701. The lowest BCUT2D eigenvalue weighted by atomic mass is 9.94. The van der Waals surface area contributed by atoms with Gasteiger partial charge in [-0.3, -0.25) is 0 Å². The molecule has 136 valence electrons. The maximum atomic E-state index is 12.3. The van der Waals surface area contributed by atoms with Crippen molar-refractivity contribution in [1.29, 1.82) is 0 Å². The van der Waals surface area contributed by atoms with Crippen molar-refractivity contribution in [1.82, 2.24) is 15.1 Å². The molecule has 0 amide bonds. The standard InChI is InChI=1S/C18H22F3N3O/c1-12(2)17-11-16(13-7-9-22-10-8-13)23-24(17)14-3-5-15(6-4-14)25-18(19,20)21/h3-6,11-13,22H,7-10H2,1-2H3. The highest BCUT2D eigenvalue weighted by Crippen LogP contribution is 2.30. The van der Waals surface area contributed by atoms with E-state index < -0.39 is 6.36 Å². The van der Waals surface area contributed by atoms with Crippen LogP contribution in [0.15, 0.2) is 30.3 Å². The van der Waals surface area contributed by atoms with E-state index in [1.54, 1.807) is 12.1 Å². The largest absolute Gasteiger partial charge is 0.573 e. The van der Waals surface area contributed by atoms with Gasteiger partial charge in [0.2, 0.25) is 0 Å². The second kappa shape index (κ2) is 7.07. The molecule has 0 radical (unpaired) electrons. The molecule has 2 aromatic rings. The Hall–Kier alpha value is -2.02. The summed E-state index contributed by atoms with van der Waals surface area (Å²) in [5.41, 5.74) is 2.84. The van der Waals surface area contributed by atoms with Crippen LogP contribution in [0.2, 0.25) is 0 Å². The molecular formula is C18H22F3N3O. The molecule has 0 aliphatic carbocycles. The molecular weight excluding hydrogens is 331 g/mol. The first-order chi connectivity index (χ1) is 11.8. The molecule has 0 unspecified atom stereocenters. The van der Waals surface area contributed by atoms with Crippen molar-refractivity contribution in [2.75, 3.05) is 13.1 Å². The second-order valence-corrected chi connectivity index (χ2v) is 6.63. The minimum Gasteiger partial charge on any atom is -0.406 e. The van der Waals surface area contributed by atoms with Gasteiger partial charge in [-0.15, -0.1) is 13.2 Å². The smallest absolute Gasteiger partial charge is 0.406 e. The number of piperidine rings is 1. The highest BCUT2D eigenvalue weighted by Gasteiger charge is 2.31. The Morgan fingerprint density at radius 3 is 2.36 bits per heavy atom. The van der Waals surface area contributed by atoms with E-state index in [0.717, 1.165) is 43.0 Å². The van der Waals surface area contributed by atoms with Gasteiger partial charge in [0.05, 0.1) is 11.4 Å². The molecule has 1 saturated heterocycles. The molecule has 4 nitrogen and oxygen atoms in total. The zero-order valence-corrected chi connectivity index (χ0v) is 14.3. The first-order valence-corrected chi connectivity index (χ1v) is 8.50. The van der Waals surface area contributed by atoms with Crippen LogP contribution in [0, 0.1) is 0 Å². The molecule has 1 aliphatic rings. The van der Waals surface area contributed by atoms with Gasteiger partial charge in [0, 0.05) is 11.6 Å². The fourth-order valence-corrected chi connectivity index (χ4v) is 3.14. The summed E-state index contributed by atoms with van der Waals surface area (Å²) in [4.78, 5) is 0. The molecule has 1 aromatic carbocycles. The molecule has 7 heteroatoms. The number of nitrogens with zero attached hydrogens (tertiary/aromatic N) is 2. The Morgan fingerprint density at radius 2 is 1.80 bits per heavy atom. The van der Waals surface area contributed by atoms with E-state index in [0.29, 0.717) is 5.92 Å². The van der Waals surface area contributed by atoms with Gasteiger partial charge in [-0.25, -0.2) is 4.68 Å². The summed E-state index contributed by atoms with van der Waals surface area (Å²) in [7, 11) is 0. The van der Waals surface area contributed by atoms with Gasteiger partial charge in [0.15, 0.2) is 0 Å². The molecule has 25 heavy (non-hydrogen) atoms. The molecule has 2 heterocycles. The molecule has 0 atom stereocenters. The molecule has 1 aromatic heterocycles. The molecule has 1 fully saturated rings. The predicted molar refractivity (Wildman–Crippen MR) is 89.2 cm³/mol. The van der Waals surface area contributed by atoms with Gasteiger partial charge in [0.25, 0.3) is 0 Å². The van der Waals surface area contributed by atoms with Crippen molar-refractivity contribution < 1.29 is 17.9 Å². The van der Waals surface area contributed by atoms with Crippen LogP contribution in [0.3, 0.4) is 0 Å². The third kappa shape index (κ3) is 4.34. The van der Waals surface area contributed by atoms with Gasteiger partial charge in [-0.1, -0.05) is 13.8 Å². The van der Waals surface area contributed by atoms with E-state index in [9.17, 15) is 13.2 Å². The number of hydrogen-bond acceptors (Lipinski definition) is 3. The van der Waals surface area contributed by atoms with Crippen molar-refractivity contribution in [3.63, 3.8) is 0 Å². The van der Waals surface area contributed by atoms with Crippen LogP contribution < -0.4 is 10.1 Å². The third-order valence-corrected chi connectivity index (χ3v) is 4.42. The van der Waals surface area contributed by atoms with E-state index in [-0.39, 0.29) is 11.7 Å². The highest BCUT2D eigenvalue weighted by atomic mass is 19.4. The average Bonchev–Trinajstić information content (AvgIpc) is 3.00. The molecule has 0 spiro atoms. The highest BCUT2D eigenvalue weighted by molar-refractivity contribution is 5.39. The Labute approximate surface area is 145 Å². The number of benzene rings is 1. The molecule has 0 saturated carbocycles.